The van der Waals surface area contributed by atoms with E-state index < -0.39 is 0 Å². The maximum atomic E-state index is 13.2. The Labute approximate surface area is 204 Å². The SMILES string of the molecule is COc1cc(NC2CCCCC2)c(Cl)cc1C(=O)NC1CCN(C2C3CCCC2CCC3)C1. The van der Waals surface area contributed by atoms with Crippen molar-refractivity contribution in [1.82, 2.24) is 10.2 Å². The molecule has 6 heteroatoms. The first-order valence-electron chi connectivity index (χ1n) is 13.3. The van der Waals surface area contributed by atoms with E-state index in [0.29, 0.717) is 22.4 Å². The van der Waals surface area contributed by atoms with E-state index in [4.69, 9.17) is 16.3 Å². The van der Waals surface area contributed by atoms with E-state index in [1.165, 1.54) is 70.6 Å². The molecule has 0 aromatic heterocycles. The third kappa shape index (κ3) is 5.14. The van der Waals surface area contributed by atoms with Gasteiger partial charge in [0.1, 0.15) is 5.75 Å². The molecule has 1 atom stereocenters. The Morgan fingerprint density at radius 3 is 2.30 bits per heavy atom. The van der Waals surface area contributed by atoms with Crippen LogP contribution < -0.4 is 15.4 Å². The molecule has 1 amide bonds. The lowest BCUT2D eigenvalue weighted by Crippen LogP contribution is -2.50. The van der Waals surface area contributed by atoms with Gasteiger partial charge in [-0.3, -0.25) is 9.69 Å². The number of nitrogens with zero attached hydrogens (tertiary/aromatic N) is 1. The van der Waals surface area contributed by atoms with Crippen LogP contribution >= 0.6 is 11.6 Å². The van der Waals surface area contributed by atoms with Crippen molar-refractivity contribution in [2.45, 2.75) is 95.2 Å². The van der Waals surface area contributed by atoms with Crippen molar-refractivity contribution in [1.29, 1.82) is 0 Å². The highest BCUT2D eigenvalue weighted by molar-refractivity contribution is 6.33. The molecule has 1 aromatic carbocycles. The van der Waals surface area contributed by atoms with Crippen LogP contribution in [0.4, 0.5) is 5.69 Å². The largest absolute Gasteiger partial charge is 0.496 e. The molecule has 1 aliphatic heterocycles. The average Bonchev–Trinajstić information content (AvgIpc) is 3.28. The van der Waals surface area contributed by atoms with E-state index in [9.17, 15) is 4.79 Å². The van der Waals surface area contributed by atoms with Crippen LogP contribution in [-0.4, -0.2) is 49.1 Å². The number of hydrogen-bond acceptors (Lipinski definition) is 4. The molecular weight excluding hydrogens is 434 g/mol. The number of carbonyl (C=O) groups is 1. The van der Waals surface area contributed by atoms with Gasteiger partial charge in [0.2, 0.25) is 0 Å². The Balaban J connectivity index is 1.22. The highest BCUT2D eigenvalue weighted by Gasteiger charge is 2.42. The fraction of sp³-hybridized carbons (Fsp3) is 0.741. The van der Waals surface area contributed by atoms with Crippen LogP contribution in [0.15, 0.2) is 12.1 Å². The van der Waals surface area contributed by atoms with Crippen molar-refractivity contribution >= 4 is 23.2 Å². The fourth-order valence-corrected chi connectivity index (χ4v) is 7.37. The molecule has 33 heavy (non-hydrogen) atoms. The molecule has 3 aliphatic carbocycles. The molecule has 182 valence electrons. The third-order valence-corrected chi connectivity index (χ3v) is 9.05. The Morgan fingerprint density at radius 1 is 0.939 bits per heavy atom. The summed E-state index contributed by atoms with van der Waals surface area (Å²) in [5.41, 5.74) is 1.40. The normalized spacial score (nSPS) is 30.7. The number of carbonyl (C=O) groups excluding carboxylic acids is 1. The van der Waals surface area contributed by atoms with Crippen LogP contribution in [0, 0.1) is 11.8 Å². The Bertz CT molecular complexity index is 819. The minimum atomic E-state index is -0.0753. The summed E-state index contributed by atoms with van der Waals surface area (Å²) < 4.78 is 5.61. The number of hydrogen-bond donors (Lipinski definition) is 2. The molecule has 4 fully saturated rings. The van der Waals surface area contributed by atoms with Gasteiger partial charge in [0.05, 0.1) is 23.4 Å². The van der Waals surface area contributed by atoms with Crippen LogP contribution in [0.1, 0.15) is 87.4 Å². The number of amides is 1. The van der Waals surface area contributed by atoms with Crippen LogP contribution in [0.5, 0.6) is 5.75 Å². The quantitative estimate of drug-likeness (QED) is 0.542. The summed E-state index contributed by atoms with van der Waals surface area (Å²) in [6.45, 7) is 2.07. The molecule has 4 aliphatic rings. The maximum absolute atomic E-state index is 13.2. The molecule has 1 aromatic rings. The zero-order valence-corrected chi connectivity index (χ0v) is 20.8. The number of methoxy groups -OCH3 is 1. The first-order valence-corrected chi connectivity index (χ1v) is 13.7. The summed E-state index contributed by atoms with van der Waals surface area (Å²) >= 11 is 6.61. The second-order valence-corrected chi connectivity index (χ2v) is 11.2. The Kier molecular flexibility index (Phi) is 7.36. The number of benzene rings is 1. The number of halogens is 1. The Hall–Kier alpha value is -1.46. The molecule has 1 saturated heterocycles. The van der Waals surface area contributed by atoms with Crippen LogP contribution in [0.3, 0.4) is 0 Å². The van der Waals surface area contributed by atoms with E-state index in [2.05, 4.69) is 15.5 Å². The highest BCUT2D eigenvalue weighted by atomic mass is 35.5. The summed E-state index contributed by atoms with van der Waals surface area (Å²) in [6.07, 6.45) is 15.6. The molecule has 5 rings (SSSR count). The van der Waals surface area contributed by atoms with Crippen molar-refractivity contribution in [2.24, 2.45) is 11.8 Å². The van der Waals surface area contributed by atoms with Crippen molar-refractivity contribution in [3.63, 3.8) is 0 Å². The Morgan fingerprint density at radius 2 is 1.64 bits per heavy atom. The monoisotopic (exact) mass is 473 g/mol. The number of anilines is 1. The third-order valence-electron chi connectivity index (χ3n) is 8.74. The first kappa shape index (κ1) is 23.3. The molecular formula is C27H40ClN3O2. The number of fused-ring (bicyclic) bond motifs is 2. The summed E-state index contributed by atoms with van der Waals surface area (Å²) in [6, 6.07) is 5.06. The maximum Gasteiger partial charge on any atom is 0.255 e. The van der Waals surface area contributed by atoms with Gasteiger partial charge >= 0.3 is 0 Å². The van der Waals surface area contributed by atoms with Crippen molar-refractivity contribution in [3.8, 4) is 5.75 Å². The van der Waals surface area contributed by atoms with E-state index in [0.717, 1.165) is 43.1 Å². The molecule has 2 bridgehead atoms. The average molecular weight is 474 g/mol. The minimum absolute atomic E-state index is 0.0753. The topological polar surface area (TPSA) is 53.6 Å². The molecule has 0 spiro atoms. The second kappa shape index (κ2) is 10.4. The first-order chi connectivity index (χ1) is 16.1. The second-order valence-electron chi connectivity index (χ2n) is 10.8. The standard InChI is InChI=1S/C27H40ClN3O2/c1-33-25-16-24(29-20-11-3-2-4-12-20)23(28)15-22(25)27(32)30-21-13-14-31(17-21)26-18-7-5-8-19(26)10-6-9-18/h15-16,18-21,26,29H,2-14,17H2,1H3,(H,30,32). The van der Waals surface area contributed by atoms with E-state index in [1.54, 1.807) is 13.2 Å². The molecule has 2 N–H and O–H groups in total. The van der Waals surface area contributed by atoms with Gasteiger partial charge in [-0.1, -0.05) is 43.7 Å². The highest BCUT2D eigenvalue weighted by Crippen LogP contribution is 2.43. The number of likely N-dealkylation sites (tertiary alicyclic amines) is 1. The molecule has 1 unspecified atom stereocenters. The van der Waals surface area contributed by atoms with Crippen LogP contribution in [-0.2, 0) is 0 Å². The van der Waals surface area contributed by atoms with Crippen molar-refractivity contribution in [3.05, 3.63) is 22.7 Å². The lowest BCUT2D eigenvalue weighted by Gasteiger charge is -2.47. The zero-order chi connectivity index (χ0) is 22.8. The zero-order valence-electron chi connectivity index (χ0n) is 20.1. The summed E-state index contributed by atoms with van der Waals surface area (Å²) in [5, 5.41) is 7.46. The van der Waals surface area contributed by atoms with E-state index in [-0.39, 0.29) is 11.9 Å². The predicted octanol–water partition coefficient (Wildman–Crippen LogP) is 5.87. The van der Waals surface area contributed by atoms with Gasteiger partial charge < -0.3 is 15.4 Å². The number of nitrogens with one attached hydrogen (secondary N) is 2. The lowest BCUT2D eigenvalue weighted by molar-refractivity contribution is 0.0346. The lowest BCUT2D eigenvalue weighted by atomic mass is 9.68. The molecule has 0 radical (unpaired) electrons. The summed E-state index contributed by atoms with van der Waals surface area (Å²) in [4.78, 5) is 15.9. The smallest absolute Gasteiger partial charge is 0.255 e. The van der Waals surface area contributed by atoms with E-state index >= 15 is 0 Å². The van der Waals surface area contributed by atoms with Gasteiger partial charge in [-0.2, -0.15) is 0 Å². The predicted molar refractivity (Wildman–Crippen MR) is 134 cm³/mol. The van der Waals surface area contributed by atoms with Gasteiger partial charge in [0, 0.05) is 37.3 Å². The van der Waals surface area contributed by atoms with Gasteiger partial charge in [0.25, 0.3) is 5.91 Å². The molecule has 1 heterocycles. The van der Waals surface area contributed by atoms with Crippen LogP contribution in [0.25, 0.3) is 0 Å². The van der Waals surface area contributed by atoms with Gasteiger partial charge in [0.15, 0.2) is 0 Å². The fourth-order valence-electron chi connectivity index (χ4n) is 7.15. The summed E-state index contributed by atoms with van der Waals surface area (Å²) in [5.74, 6) is 2.26. The van der Waals surface area contributed by atoms with Crippen molar-refractivity contribution < 1.29 is 9.53 Å². The summed E-state index contributed by atoms with van der Waals surface area (Å²) in [7, 11) is 1.63. The van der Waals surface area contributed by atoms with Crippen LogP contribution in [0.2, 0.25) is 5.02 Å². The number of rotatable bonds is 6. The van der Waals surface area contributed by atoms with Gasteiger partial charge in [-0.15, -0.1) is 0 Å². The van der Waals surface area contributed by atoms with Gasteiger partial charge in [-0.05, 0) is 62.8 Å². The molecule has 5 nitrogen and oxygen atoms in total. The van der Waals surface area contributed by atoms with E-state index in [1.807, 2.05) is 6.07 Å². The minimum Gasteiger partial charge on any atom is -0.496 e. The van der Waals surface area contributed by atoms with Gasteiger partial charge in [-0.25, -0.2) is 0 Å². The number of ether oxygens (including phenoxy) is 1. The molecule has 3 saturated carbocycles. The van der Waals surface area contributed by atoms with Crippen molar-refractivity contribution in [2.75, 3.05) is 25.5 Å².